The number of aryl methyl sites for hydroxylation is 1. The quantitative estimate of drug-likeness (QED) is 0.331. The Kier molecular flexibility index (Phi) is 9.12. The monoisotopic (exact) mass is 392 g/mol. The molecule has 0 amide bonds. The van der Waals surface area contributed by atoms with Crippen LogP contribution in [0.4, 0.5) is 0 Å². The highest BCUT2D eigenvalue weighted by Crippen LogP contribution is 2.19. The predicted molar refractivity (Wildman–Crippen MR) is 122 cm³/mol. The van der Waals surface area contributed by atoms with Gasteiger partial charge in [-0.1, -0.05) is 43.3 Å². The molecule has 0 aliphatic rings. The molecule has 4 N–H and O–H groups in total. The Morgan fingerprint density at radius 1 is 1.07 bits per heavy atom. The van der Waals surface area contributed by atoms with E-state index in [1.165, 1.54) is 12.6 Å². The summed E-state index contributed by atoms with van der Waals surface area (Å²) in [7, 11) is 1.50. The van der Waals surface area contributed by atoms with Crippen molar-refractivity contribution in [3.05, 3.63) is 71.9 Å². The summed E-state index contributed by atoms with van der Waals surface area (Å²) in [6, 6.07) is 20.6. The lowest BCUT2D eigenvalue weighted by Gasteiger charge is -2.12. The van der Waals surface area contributed by atoms with E-state index < -0.39 is 0 Å². The topological polar surface area (TPSA) is 86.5 Å². The van der Waals surface area contributed by atoms with Crippen LogP contribution in [0.2, 0.25) is 0 Å². The summed E-state index contributed by atoms with van der Waals surface area (Å²) in [6.07, 6.45) is 3.06. The van der Waals surface area contributed by atoms with E-state index in [9.17, 15) is 0 Å². The van der Waals surface area contributed by atoms with E-state index >= 15 is 0 Å². The summed E-state index contributed by atoms with van der Waals surface area (Å²) < 4.78 is 5.97. The van der Waals surface area contributed by atoms with E-state index in [2.05, 4.69) is 53.1 Å². The maximum absolute atomic E-state index is 5.97. The number of fused-ring (bicyclic) bond motifs is 1. The molecule has 0 radical (unpaired) electrons. The highest BCUT2D eigenvalue weighted by Gasteiger charge is 2.06. The van der Waals surface area contributed by atoms with E-state index in [1.807, 2.05) is 37.3 Å². The van der Waals surface area contributed by atoms with Crippen molar-refractivity contribution in [2.24, 2.45) is 22.6 Å². The Balaban J connectivity index is 0.00000145. The molecule has 0 fully saturated rings. The molecule has 1 heterocycles. The molecular weight excluding hydrogens is 360 g/mol. The zero-order valence-corrected chi connectivity index (χ0v) is 17.6. The minimum Gasteiger partial charge on any atom is -0.487 e. The van der Waals surface area contributed by atoms with Crippen molar-refractivity contribution in [1.82, 2.24) is 4.98 Å². The molecule has 3 aromatic rings. The van der Waals surface area contributed by atoms with Gasteiger partial charge in [0.05, 0.1) is 11.2 Å². The number of para-hydroxylation sites is 1. The third-order valence-corrected chi connectivity index (χ3v) is 4.73. The summed E-state index contributed by atoms with van der Waals surface area (Å²) >= 11 is 0. The van der Waals surface area contributed by atoms with Crippen LogP contribution in [0, 0.1) is 5.92 Å². The predicted octanol–water partition coefficient (Wildman–Crippen LogP) is 4.68. The number of pyridine rings is 1. The molecule has 1 atom stereocenters. The number of nitrogens with zero attached hydrogens (tertiary/aromatic N) is 2. The Labute approximate surface area is 173 Å². The second-order valence-corrected chi connectivity index (χ2v) is 7.14. The Hall–Kier alpha value is -2.92. The first-order valence-corrected chi connectivity index (χ1v) is 10.0. The van der Waals surface area contributed by atoms with Crippen LogP contribution in [-0.4, -0.2) is 17.7 Å². The van der Waals surface area contributed by atoms with Crippen molar-refractivity contribution >= 4 is 16.6 Å². The molecule has 154 valence electrons. The number of hydrogen-bond donors (Lipinski definition) is 2. The molecule has 1 aromatic heterocycles. The third kappa shape index (κ3) is 7.20. The largest absolute Gasteiger partial charge is 0.487 e. The summed E-state index contributed by atoms with van der Waals surface area (Å²) in [5.74, 6) is 6.77. The molecule has 2 aromatic carbocycles. The maximum atomic E-state index is 5.97. The molecule has 0 aliphatic carbocycles. The smallest absolute Gasteiger partial charge is 0.130 e. The van der Waals surface area contributed by atoms with E-state index in [0.29, 0.717) is 12.5 Å². The lowest BCUT2D eigenvalue weighted by atomic mass is 9.96. The first kappa shape index (κ1) is 22.4. The molecule has 1 unspecified atom stereocenters. The fraction of sp³-hybridized carbons (Fsp3) is 0.333. The van der Waals surface area contributed by atoms with Crippen LogP contribution >= 0.6 is 0 Å². The van der Waals surface area contributed by atoms with E-state index in [-0.39, 0.29) is 0 Å². The summed E-state index contributed by atoms with van der Waals surface area (Å²) in [6.45, 7) is 4.68. The van der Waals surface area contributed by atoms with E-state index in [4.69, 9.17) is 10.6 Å². The van der Waals surface area contributed by atoms with Crippen LogP contribution in [0.3, 0.4) is 0 Å². The fourth-order valence-corrected chi connectivity index (χ4v) is 3.21. The first-order chi connectivity index (χ1) is 14.1. The average molecular weight is 393 g/mol. The third-order valence-electron chi connectivity index (χ3n) is 4.73. The molecule has 29 heavy (non-hydrogen) atoms. The van der Waals surface area contributed by atoms with Gasteiger partial charge in [0.25, 0.3) is 0 Å². The van der Waals surface area contributed by atoms with Crippen molar-refractivity contribution in [2.45, 2.75) is 39.7 Å². The Morgan fingerprint density at radius 2 is 1.86 bits per heavy atom. The molecule has 5 heteroatoms. The standard InChI is InChI=1S/C23H27N3O.CH5N/c1-17(14-18(2)26-24)10-11-19-6-5-8-22(15-19)27-16-21-13-12-20-7-3-4-9-23(20)25-21;1-2/h3-9,12-13,15,17H,10-11,14,16,24H2,1-2H3;2H2,1H3/b26-18+;. The SMILES string of the molecule is C/C(CC(C)CCc1cccc(OCc2ccc3ccccc3n2)c1)=N\N.CN. The number of rotatable bonds is 8. The number of aromatic nitrogens is 1. The van der Waals surface area contributed by atoms with Gasteiger partial charge >= 0.3 is 0 Å². The molecule has 0 saturated heterocycles. The minimum absolute atomic E-state index is 0.469. The van der Waals surface area contributed by atoms with Gasteiger partial charge in [-0.2, -0.15) is 5.10 Å². The van der Waals surface area contributed by atoms with Crippen LogP contribution in [0.1, 0.15) is 37.9 Å². The van der Waals surface area contributed by atoms with Gasteiger partial charge in [0, 0.05) is 11.1 Å². The second kappa shape index (κ2) is 11.8. The lowest BCUT2D eigenvalue weighted by molar-refractivity contribution is 0.301. The summed E-state index contributed by atoms with van der Waals surface area (Å²) in [4.78, 5) is 4.66. The molecule has 0 bridgehead atoms. The van der Waals surface area contributed by atoms with E-state index in [0.717, 1.165) is 47.3 Å². The van der Waals surface area contributed by atoms with Gasteiger partial charge in [-0.05, 0) is 69.0 Å². The van der Waals surface area contributed by atoms with Gasteiger partial charge in [-0.3, -0.25) is 0 Å². The van der Waals surface area contributed by atoms with Crippen LogP contribution < -0.4 is 16.3 Å². The Bertz CT molecular complexity index is 923. The number of nitrogens with two attached hydrogens (primary N) is 2. The van der Waals surface area contributed by atoms with Crippen molar-refractivity contribution in [3.8, 4) is 5.75 Å². The van der Waals surface area contributed by atoms with Crippen LogP contribution in [-0.2, 0) is 13.0 Å². The number of hydrogen-bond acceptors (Lipinski definition) is 5. The molecule has 0 spiro atoms. The van der Waals surface area contributed by atoms with E-state index in [1.54, 1.807) is 0 Å². The van der Waals surface area contributed by atoms with Crippen molar-refractivity contribution in [1.29, 1.82) is 0 Å². The number of benzene rings is 2. The number of ether oxygens (including phenoxy) is 1. The van der Waals surface area contributed by atoms with Crippen LogP contribution in [0.25, 0.3) is 10.9 Å². The maximum Gasteiger partial charge on any atom is 0.130 e. The number of hydrazone groups is 1. The van der Waals surface area contributed by atoms with Crippen LogP contribution in [0.15, 0.2) is 65.8 Å². The van der Waals surface area contributed by atoms with Gasteiger partial charge in [0.1, 0.15) is 12.4 Å². The molecular formula is C24H32N4O. The lowest BCUT2D eigenvalue weighted by Crippen LogP contribution is -2.05. The zero-order chi connectivity index (χ0) is 21.1. The van der Waals surface area contributed by atoms with Crippen molar-refractivity contribution in [2.75, 3.05) is 7.05 Å². The normalized spacial score (nSPS) is 12.2. The minimum atomic E-state index is 0.469. The highest BCUT2D eigenvalue weighted by molar-refractivity contribution is 5.81. The molecule has 3 rings (SSSR count). The molecule has 0 aliphatic heterocycles. The van der Waals surface area contributed by atoms with Gasteiger partial charge in [0.15, 0.2) is 0 Å². The summed E-state index contributed by atoms with van der Waals surface area (Å²) in [5.41, 5.74) is 8.72. The van der Waals surface area contributed by atoms with Crippen molar-refractivity contribution in [3.63, 3.8) is 0 Å². The van der Waals surface area contributed by atoms with Gasteiger partial charge < -0.3 is 16.3 Å². The summed E-state index contributed by atoms with van der Waals surface area (Å²) in [5, 5.41) is 4.91. The van der Waals surface area contributed by atoms with Gasteiger partial charge in [-0.15, -0.1) is 0 Å². The Morgan fingerprint density at radius 3 is 2.66 bits per heavy atom. The van der Waals surface area contributed by atoms with Gasteiger partial charge in [-0.25, -0.2) is 4.98 Å². The van der Waals surface area contributed by atoms with Gasteiger partial charge in [0.2, 0.25) is 0 Å². The average Bonchev–Trinajstić information content (AvgIpc) is 2.77. The molecule has 5 nitrogen and oxygen atoms in total. The molecule has 0 saturated carbocycles. The zero-order valence-electron chi connectivity index (χ0n) is 17.6. The second-order valence-electron chi connectivity index (χ2n) is 7.14. The highest BCUT2D eigenvalue weighted by atomic mass is 16.5. The van der Waals surface area contributed by atoms with Crippen LogP contribution in [0.5, 0.6) is 5.75 Å². The first-order valence-electron chi connectivity index (χ1n) is 10.0. The van der Waals surface area contributed by atoms with Crippen molar-refractivity contribution < 1.29 is 4.74 Å². The fourth-order valence-electron chi connectivity index (χ4n) is 3.21.